The summed E-state index contributed by atoms with van der Waals surface area (Å²) in [5.74, 6) is -2.90. The van der Waals surface area contributed by atoms with Crippen LogP contribution in [0, 0.1) is 5.92 Å². The van der Waals surface area contributed by atoms with Crippen LogP contribution in [0.15, 0.2) is 0 Å². The molecule has 0 saturated heterocycles. The molecule has 0 aliphatic rings. The molecule has 0 heterocycles. The highest BCUT2D eigenvalue weighted by atomic mass is 19.3. The summed E-state index contributed by atoms with van der Waals surface area (Å²) in [6.45, 7) is 4.21. The molecule has 1 nitrogen and oxygen atoms in total. The minimum absolute atomic E-state index is 0.162. The van der Waals surface area contributed by atoms with Crippen LogP contribution in [0.4, 0.5) is 8.78 Å². The van der Waals surface area contributed by atoms with E-state index in [-0.39, 0.29) is 5.92 Å². The van der Waals surface area contributed by atoms with Crippen molar-refractivity contribution in [3.8, 4) is 0 Å². The molecular weight excluding hydrogens is 124 g/mol. The summed E-state index contributed by atoms with van der Waals surface area (Å²) in [4.78, 5) is 0. The Hall–Kier alpha value is -0.180. The van der Waals surface area contributed by atoms with E-state index in [4.69, 9.17) is 5.73 Å². The first-order valence-electron chi connectivity index (χ1n) is 2.99. The zero-order chi connectivity index (χ0) is 7.65. The summed E-state index contributed by atoms with van der Waals surface area (Å²) in [6, 6.07) is -1.02. The van der Waals surface area contributed by atoms with Gasteiger partial charge in [-0.1, -0.05) is 13.8 Å². The third-order valence-electron chi connectivity index (χ3n) is 1.30. The monoisotopic (exact) mass is 137 g/mol. The van der Waals surface area contributed by atoms with Crippen LogP contribution in [-0.2, 0) is 0 Å². The number of rotatable bonds is 2. The van der Waals surface area contributed by atoms with Crippen LogP contribution < -0.4 is 5.73 Å². The number of nitrogens with two attached hydrogens (primary N) is 1. The number of hydrogen-bond donors (Lipinski definition) is 1. The minimum Gasteiger partial charge on any atom is -0.322 e. The molecule has 3 heteroatoms. The molecule has 0 saturated carbocycles. The summed E-state index contributed by atoms with van der Waals surface area (Å²) in [7, 11) is 0. The van der Waals surface area contributed by atoms with E-state index < -0.39 is 12.0 Å². The Labute approximate surface area is 54.2 Å². The van der Waals surface area contributed by atoms with Gasteiger partial charge in [-0.2, -0.15) is 0 Å². The molecule has 0 rings (SSSR count). The van der Waals surface area contributed by atoms with Gasteiger partial charge in [0.1, 0.15) is 0 Å². The van der Waals surface area contributed by atoms with Gasteiger partial charge in [-0.05, 0) is 5.92 Å². The normalized spacial score (nSPS) is 16.3. The number of alkyl halides is 2. The van der Waals surface area contributed by atoms with Gasteiger partial charge in [-0.3, -0.25) is 0 Å². The molecular formula is C6H13F2N. The van der Waals surface area contributed by atoms with Gasteiger partial charge < -0.3 is 5.73 Å². The lowest BCUT2D eigenvalue weighted by Crippen LogP contribution is -2.42. The summed E-state index contributed by atoms with van der Waals surface area (Å²) in [5.41, 5.74) is 5.14. The third kappa shape index (κ3) is 2.75. The van der Waals surface area contributed by atoms with E-state index in [9.17, 15) is 8.78 Å². The van der Waals surface area contributed by atoms with Crippen molar-refractivity contribution in [2.75, 3.05) is 0 Å². The Balaban J connectivity index is 3.88. The Kier molecular flexibility index (Phi) is 2.55. The molecule has 1 atom stereocenters. The predicted octanol–water partition coefficient (Wildman–Crippen LogP) is 1.62. The molecule has 1 unspecified atom stereocenters. The highest BCUT2D eigenvalue weighted by Gasteiger charge is 2.32. The van der Waals surface area contributed by atoms with E-state index >= 15 is 0 Å². The topological polar surface area (TPSA) is 26.0 Å². The number of hydrogen-bond acceptors (Lipinski definition) is 1. The van der Waals surface area contributed by atoms with E-state index in [0.717, 1.165) is 6.92 Å². The zero-order valence-corrected chi connectivity index (χ0v) is 5.99. The fourth-order valence-electron chi connectivity index (χ4n) is 0.585. The molecule has 56 valence electrons. The maximum atomic E-state index is 12.2. The van der Waals surface area contributed by atoms with Crippen molar-refractivity contribution in [3.05, 3.63) is 0 Å². The fourth-order valence-corrected chi connectivity index (χ4v) is 0.585. The summed E-state index contributed by atoms with van der Waals surface area (Å²) in [6.07, 6.45) is 0. The third-order valence-corrected chi connectivity index (χ3v) is 1.30. The Morgan fingerprint density at radius 2 is 1.67 bits per heavy atom. The molecule has 0 radical (unpaired) electrons. The van der Waals surface area contributed by atoms with Gasteiger partial charge in [0.05, 0.1) is 6.04 Å². The highest BCUT2D eigenvalue weighted by molar-refractivity contribution is 4.77. The predicted molar refractivity (Wildman–Crippen MR) is 33.4 cm³/mol. The van der Waals surface area contributed by atoms with Crippen molar-refractivity contribution in [3.63, 3.8) is 0 Å². The standard InChI is InChI=1S/C6H13F2N/c1-4(2)5(9)6(3,7)8/h4-5H,9H2,1-3H3. The second kappa shape index (κ2) is 2.60. The second-order valence-corrected chi connectivity index (χ2v) is 2.73. The SMILES string of the molecule is CC(C)C(N)C(C)(F)F. The fraction of sp³-hybridized carbons (Fsp3) is 1.00. The van der Waals surface area contributed by atoms with E-state index in [1.165, 1.54) is 0 Å². The smallest absolute Gasteiger partial charge is 0.260 e. The van der Waals surface area contributed by atoms with Gasteiger partial charge in [0.15, 0.2) is 0 Å². The summed E-state index contributed by atoms with van der Waals surface area (Å²) >= 11 is 0. The molecule has 0 aliphatic carbocycles. The number of halogens is 2. The Morgan fingerprint density at radius 1 is 1.33 bits per heavy atom. The average molecular weight is 137 g/mol. The van der Waals surface area contributed by atoms with E-state index in [0.29, 0.717) is 0 Å². The van der Waals surface area contributed by atoms with Gasteiger partial charge in [-0.25, -0.2) is 8.78 Å². The van der Waals surface area contributed by atoms with Crippen LogP contribution in [0.3, 0.4) is 0 Å². The molecule has 0 bridgehead atoms. The van der Waals surface area contributed by atoms with Gasteiger partial charge in [0.2, 0.25) is 0 Å². The molecule has 9 heavy (non-hydrogen) atoms. The van der Waals surface area contributed by atoms with Crippen molar-refractivity contribution in [2.45, 2.75) is 32.7 Å². The lowest BCUT2D eigenvalue weighted by Gasteiger charge is -2.22. The summed E-state index contributed by atoms with van der Waals surface area (Å²) in [5, 5.41) is 0. The van der Waals surface area contributed by atoms with Crippen LogP contribution >= 0.6 is 0 Å². The van der Waals surface area contributed by atoms with Crippen molar-refractivity contribution in [1.29, 1.82) is 0 Å². The van der Waals surface area contributed by atoms with E-state index in [1.807, 2.05) is 0 Å². The average Bonchev–Trinajstić information content (AvgIpc) is 1.62. The maximum absolute atomic E-state index is 12.2. The first-order valence-corrected chi connectivity index (χ1v) is 2.99. The van der Waals surface area contributed by atoms with Crippen molar-refractivity contribution >= 4 is 0 Å². The van der Waals surface area contributed by atoms with E-state index in [1.54, 1.807) is 13.8 Å². The first kappa shape index (κ1) is 8.82. The van der Waals surface area contributed by atoms with Crippen LogP contribution in [0.1, 0.15) is 20.8 Å². The molecule has 0 aromatic heterocycles. The largest absolute Gasteiger partial charge is 0.322 e. The van der Waals surface area contributed by atoms with Gasteiger partial charge in [-0.15, -0.1) is 0 Å². The van der Waals surface area contributed by atoms with Crippen LogP contribution in [0.25, 0.3) is 0 Å². The van der Waals surface area contributed by atoms with Gasteiger partial charge >= 0.3 is 0 Å². The molecule has 0 amide bonds. The first-order chi connectivity index (χ1) is 3.85. The van der Waals surface area contributed by atoms with Crippen molar-refractivity contribution < 1.29 is 8.78 Å². The van der Waals surface area contributed by atoms with Crippen LogP contribution in [-0.4, -0.2) is 12.0 Å². The lowest BCUT2D eigenvalue weighted by atomic mass is 10.0. The quantitative estimate of drug-likeness (QED) is 0.615. The summed E-state index contributed by atoms with van der Waals surface area (Å²) < 4.78 is 24.5. The van der Waals surface area contributed by atoms with Crippen LogP contribution in [0.2, 0.25) is 0 Å². The molecule has 0 aromatic carbocycles. The minimum atomic E-state index is -2.74. The maximum Gasteiger partial charge on any atom is 0.260 e. The van der Waals surface area contributed by atoms with Gasteiger partial charge in [0, 0.05) is 6.92 Å². The van der Waals surface area contributed by atoms with Crippen molar-refractivity contribution in [2.24, 2.45) is 11.7 Å². The molecule has 2 N–H and O–H groups in total. The highest BCUT2D eigenvalue weighted by Crippen LogP contribution is 2.20. The second-order valence-electron chi connectivity index (χ2n) is 2.73. The van der Waals surface area contributed by atoms with Crippen LogP contribution in [0.5, 0.6) is 0 Å². The lowest BCUT2D eigenvalue weighted by molar-refractivity contribution is -0.0194. The molecule has 0 spiro atoms. The van der Waals surface area contributed by atoms with Crippen molar-refractivity contribution in [1.82, 2.24) is 0 Å². The Bertz CT molecular complexity index is 85.5. The van der Waals surface area contributed by atoms with Gasteiger partial charge in [0.25, 0.3) is 5.92 Å². The molecule has 0 aromatic rings. The van der Waals surface area contributed by atoms with E-state index in [2.05, 4.69) is 0 Å². The molecule has 0 fully saturated rings. The molecule has 0 aliphatic heterocycles. The Morgan fingerprint density at radius 3 is 1.67 bits per heavy atom. The zero-order valence-electron chi connectivity index (χ0n) is 5.99.